The lowest BCUT2D eigenvalue weighted by Gasteiger charge is -2.46. The summed E-state index contributed by atoms with van der Waals surface area (Å²) >= 11 is 0. The van der Waals surface area contributed by atoms with Gasteiger partial charge in [0.05, 0.1) is 6.10 Å². The van der Waals surface area contributed by atoms with E-state index < -0.39 is 24.1 Å². The summed E-state index contributed by atoms with van der Waals surface area (Å²) in [5, 5.41) is 39.9. The highest BCUT2D eigenvalue weighted by atomic mass is 16.4. The molecule has 2 unspecified atom stereocenters. The zero-order valence-corrected chi connectivity index (χ0v) is 23.4. The van der Waals surface area contributed by atoms with E-state index in [0.29, 0.717) is 31.7 Å². The number of aliphatic carboxylic acids is 1. The molecule has 4 N–H and O–H groups in total. The van der Waals surface area contributed by atoms with Gasteiger partial charge in [-0.05, 0) is 71.0 Å². The predicted octanol–water partition coefficient (Wildman–Crippen LogP) is 4.78. The fourth-order valence-corrected chi connectivity index (χ4v) is 5.85. The molecule has 2 aromatic carbocycles. The van der Waals surface area contributed by atoms with E-state index in [-0.39, 0.29) is 22.1 Å². The van der Waals surface area contributed by atoms with Gasteiger partial charge in [-0.15, -0.1) is 0 Å². The van der Waals surface area contributed by atoms with Gasteiger partial charge in [0.25, 0.3) is 0 Å². The van der Waals surface area contributed by atoms with Crippen LogP contribution in [0.25, 0.3) is 6.08 Å². The molecule has 4 rings (SSSR count). The Morgan fingerprint density at radius 1 is 0.949 bits per heavy atom. The third-order valence-corrected chi connectivity index (χ3v) is 8.55. The molecule has 1 aliphatic carbocycles. The Kier molecular flexibility index (Phi) is 7.83. The third-order valence-electron chi connectivity index (χ3n) is 8.55. The monoisotopic (exact) mass is 536 g/mol. The molecular formula is C31H40N2O6. The average molecular weight is 537 g/mol. The van der Waals surface area contributed by atoms with E-state index in [2.05, 4.69) is 44.7 Å². The minimum atomic E-state index is -1.20. The number of carboxylic acids is 2. The molecule has 2 aliphatic rings. The summed E-state index contributed by atoms with van der Waals surface area (Å²) in [4.78, 5) is 27.0. The fourth-order valence-electron chi connectivity index (χ4n) is 5.85. The molecule has 1 heterocycles. The number of carboxylic acid groups (broad SMARTS) is 2. The third kappa shape index (κ3) is 5.82. The summed E-state index contributed by atoms with van der Waals surface area (Å²) in [7, 11) is 0. The number of aliphatic hydroxyl groups is 1. The van der Waals surface area contributed by atoms with E-state index in [1.165, 1.54) is 23.3 Å². The molecule has 2 aromatic rings. The van der Waals surface area contributed by atoms with Crippen LogP contribution in [0.4, 0.5) is 5.69 Å². The lowest BCUT2D eigenvalue weighted by atomic mass is 9.62. The number of fused-ring (bicyclic) bond motifs is 1. The minimum Gasteiger partial charge on any atom is -0.507 e. The fraction of sp³-hybridized carbons (Fsp3) is 0.484. The normalized spacial score (nSPS) is 20.4. The van der Waals surface area contributed by atoms with Crippen LogP contribution in [-0.2, 0) is 15.6 Å². The van der Waals surface area contributed by atoms with Crippen molar-refractivity contribution in [1.82, 2.24) is 4.90 Å². The Hall–Kier alpha value is -3.36. The molecule has 0 spiro atoms. The van der Waals surface area contributed by atoms with E-state index in [1.807, 2.05) is 4.90 Å². The highest BCUT2D eigenvalue weighted by Crippen LogP contribution is 2.50. The summed E-state index contributed by atoms with van der Waals surface area (Å²) in [6.07, 6.45) is 4.49. The quantitative estimate of drug-likeness (QED) is 0.399. The molecule has 0 radical (unpaired) electrons. The second-order valence-corrected chi connectivity index (χ2v) is 12.2. The number of hydrogen-bond donors (Lipinski definition) is 4. The van der Waals surface area contributed by atoms with Crippen LogP contribution in [-0.4, -0.2) is 69.5 Å². The van der Waals surface area contributed by atoms with Crippen molar-refractivity contribution in [3.63, 3.8) is 0 Å². The number of aromatic hydroxyl groups is 1. The number of aliphatic hydroxyl groups excluding tert-OH is 1. The van der Waals surface area contributed by atoms with Crippen LogP contribution < -0.4 is 4.90 Å². The first-order valence-corrected chi connectivity index (χ1v) is 13.5. The van der Waals surface area contributed by atoms with Crippen LogP contribution in [0.15, 0.2) is 36.4 Å². The molecule has 1 fully saturated rings. The Balaban J connectivity index is 1.70. The van der Waals surface area contributed by atoms with E-state index in [4.69, 9.17) is 5.11 Å². The Labute approximate surface area is 230 Å². The molecule has 210 valence electrons. The van der Waals surface area contributed by atoms with Crippen molar-refractivity contribution in [3.8, 4) is 5.75 Å². The molecule has 8 heteroatoms. The van der Waals surface area contributed by atoms with Crippen LogP contribution >= 0.6 is 0 Å². The zero-order valence-electron chi connectivity index (χ0n) is 23.4. The average Bonchev–Trinajstić information content (AvgIpc) is 2.88. The molecular weight excluding hydrogens is 496 g/mol. The van der Waals surface area contributed by atoms with Crippen LogP contribution in [0.1, 0.15) is 86.2 Å². The van der Waals surface area contributed by atoms with Crippen molar-refractivity contribution < 1.29 is 30.0 Å². The highest BCUT2D eigenvalue weighted by Gasteiger charge is 2.40. The van der Waals surface area contributed by atoms with E-state index in [0.717, 1.165) is 24.1 Å². The van der Waals surface area contributed by atoms with Crippen molar-refractivity contribution >= 4 is 23.7 Å². The number of benzene rings is 2. The van der Waals surface area contributed by atoms with Crippen molar-refractivity contribution in [1.29, 1.82) is 0 Å². The van der Waals surface area contributed by atoms with E-state index in [9.17, 15) is 24.9 Å². The van der Waals surface area contributed by atoms with Crippen LogP contribution in [0, 0.1) is 0 Å². The SMILES string of the molecule is CC(C(=O)O)N1CCN(c2cc(C(O)/C=C/c3ccc(C(=O)O)c(O)c3)cc3c2C(C)(C)CCC3(C)C)CC1. The second kappa shape index (κ2) is 10.7. The standard InChI is InChI=1S/C31H40N2O6/c1-19(28(36)37)32-12-14-33(15-13-32)24-18-21(17-23-27(24)31(4,5)11-10-30(23,2)3)25(34)9-7-20-6-8-22(29(38)39)26(35)16-20/h6-9,16-19,25,34-35H,10-15H2,1-5H3,(H,36,37)(H,38,39)/b9-7+. The van der Waals surface area contributed by atoms with Gasteiger partial charge in [-0.25, -0.2) is 4.79 Å². The molecule has 1 saturated heterocycles. The van der Waals surface area contributed by atoms with Gasteiger partial charge in [0.15, 0.2) is 0 Å². The minimum absolute atomic E-state index is 0.0472. The molecule has 0 aromatic heterocycles. The predicted molar refractivity (Wildman–Crippen MR) is 152 cm³/mol. The van der Waals surface area contributed by atoms with Crippen molar-refractivity contribution in [2.45, 2.75) is 70.4 Å². The van der Waals surface area contributed by atoms with Gasteiger partial charge in [0.1, 0.15) is 17.4 Å². The first kappa shape index (κ1) is 28.6. The molecule has 39 heavy (non-hydrogen) atoms. The van der Waals surface area contributed by atoms with Gasteiger partial charge >= 0.3 is 11.9 Å². The molecule has 0 bridgehead atoms. The zero-order chi connectivity index (χ0) is 28.7. The number of aromatic carboxylic acids is 1. The molecule has 1 aliphatic heterocycles. The Bertz CT molecular complexity index is 1290. The second-order valence-electron chi connectivity index (χ2n) is 12.2. The van der Waals surface area contributed by atoms with E-state index >= 15 is 0 Å². The van der Waals surface area contributed by atoms with Crippen molar-refractivity contribution in [2.24, 2.45) is 0 Å². The van der Waals surface area contributed by atoms with Gasteiger partial charge < -0.3 is 25.3 Å². The van der Waals surface area contributed by atoms with Gasteiger partial charge in [-0.3, -0.25) is 9.69 Å². The van der Waals surface area contributed by atoms with Crippen LogP contribution in [0.2, 0.25) is 0 Å². The maximum atomic E-state index is 11.5. The number of piperazine rings is 1. The topological polar surface area (TPSA) is 122 Å². The highest BCUT2D eigenvalue weighted by molar-refractivity contribution is 5.91. The molecule has 0 amide bonds. The summed E-state index contributed by atoms with van der Waals surface area (Å²) < 4.78 is 0. The Morgan fingerprint density at radius 3 is 2.18 bits per heavy atom. The lowest BCUT2D eigenvalue weighted by molar-refractivity contribution is -0.142. The number of carbonyl (C=O) groups is 2. The van der Waals surface area contributed by atoms with Crippen LogP contribution in [0.5, 0.6) is 5.75 Å². The molecule has 8 nitrogen and oxygen atoms in total. The summed E-state index contributed by atoms with van der Waals surface area (Å²) in [5.74, 6) is -2.34. The van der Waals surface area contributed by atoms with Crippen molar-refractivity contribution in [3.05, 3.63) is 64.2 Å². The van der Waals surface area contributed by atoms with Gasteiger partial charge in [0.2, 0.25) is 0 Å². The maximum absolute atomic E-state index is 11.5. The van der Waals surface area contributed by atoms with Gasteiger partial charge in [-0.1, -0.05) is 52.0 Å². The first-order chi connectivity index (χ1) is 18.2. The summed E-state index contributed by atoms with van der Waals surface area (Å²) in [5.41, 5.74) is 4.67. The number of nitrogens with zero attached hydrogens (tertiary/aromatic N) is 2. The number of hydrogen-bond acceptors (Lipinski definition) is 6. The lowest BCUT2D eigenvalue weighted by Crippen LogP contribution is -2.52. The molecule has 0 saturated carbocycles. The number of rotatable bonds is 7. The first-order valence-electron chi connectivity index (χ1n) is 13.5. The summed E-state index contributed by atoms with van der Waals surface area (Å²) in [6, 6.07) is 7.96. The Morgan fingerprint density at radius 2 is 1.59 bits per heavy atom. The maximum Gasteiger partial charge on any atom is 0.339 e. The van der Waals surface area contributed by atoms with Gasteiger partial charge in [0, 0.05) is 31.9 Å². The number of phenols is 1. The molecule has 2 atom stereocenters. The van der Waals surface area contributed by atoms with Crippen molar-refractivity contribution in [2.75, 3.05) is 31.1 Å². The summed E-state index contributed by atoms with van der Waals surface area (Å²) in [6.45, 7) is 13.5. The van der Waals surface area contributed by atoms with Gasteiger partial charge in [-0.2, -0.15) is 0 Å². The largest absolute Gasteiger partial charge is 0.507 e. The van der Waals surface area contributed by atoms with Crippen LogP contribution in [0.3, 0.4) is 0 Å². The van der Waals surface area contributed by atoms with E-state index in [1.54, 1.807) is 25.1 Å². The number of anilines is 1. The smallest absolute Gasteiger partial charge is 0.339 e.